The summed E-state index contributed by atoms with van der Waals surface area (Å²) in [6.07, 6.45) is 6.03. The SMILES string of the molecule is Cc1c(-c2[nH]c3ccc(C4CCNCC4)nc3c2C(C)C)cn2ncnc2c1C. The van der Waals surface area contributed by atoms with Crippen LogP contribution in [0.3, 0.4) is 0 Å². The number of hydrogen-bond donors (Lipinski definition) is 2. The average molecular weight is 389 g/mol. The number of hydrogen-bond acceptors (Lipinski definition) is 4. The molecule has 1 fully saturated rings. The Kier molecular flexibility index (Phi) is 4.39. The lowest BCUT2D eigenvalue weighted by molar-refractivity contribution is 0.454. The Morgan fingerprint density at radius 1 is 1.10 bits per heavy atom. The monoisotopic (exact) mass is 388 g/mol. The molecule has 1 saturated heterocycles. The first-order valence-electron chi connectivity index (χ1n) is 10.6. The number of aryl methyl sites for hydroxylation is 1. The van der Waals surface area contributed by atoms with Gasteiger partial charge in [0.05, 0.1) is 16.7 Å². The molecule has 0 atom stereocenters. The third-order valence-corrected chi connectivity index (χ3v) is 6.43. The van der Waals surface area contributed by atoms with Crippen LogP contribution in [0.1, 0.15) is 60.9 Å². The average Bonchev–Trinajstić information content (AvgIpc) is 3.35. The fraction of sp³-hybridized carbons (Fsp3) is 0.435. The molecule has 0 unspecified atom stereocenters. The van der Waals surface area contributed by atoms with E-state index in [0.29, 0.717) is 11.8 Å². The molecule has 0 radical (unpaired) electrons. The third kappa shape index (κ3) is 2.94. The first-order valence-corrected chi connectivity index (χ1v) is 10.6. The van der Waals surface area contributed by atoms with Crippen LogP contribution in [-0.4, -0.2) is 37.7 Å². The summed E-state index contributed by atoms with van der Waals surface area (Å²) >= 11 is 0. The van der Waals surface area contributed by atoms with Gasteiger partial charge in [-0.15, -0.1) is 0 Å². The summed E-state index contributed by atoms with van der Waals surface area (Å²) in [7, 11) is 0. The van der Waals surface area contributed by atoms with E-state index in [9.17, 15) is 0 Å². The van der Waals surface area contributed by atoms with Crippen molar-refractivity contribution in [2.45, 2.75) is 52.4 Å². The van der Waals surface area contributed by atoms with Crippen LogP contribution in [-0.2, 0) is 0 Å². The van der Waals surface area contributed by atoms with Gasteiger partial charge >= 0.3 is 0 Å². The fourth-order valence-corrected chi connectivity index (χ4v) is 4.67. The maximum absolute atomic E-state index is 5.18. The minimum Gasteiger partial charge on any atom is -0.353 e. The topological polar surface area (TPSA) is 70.9 Å². The molecule has 29 heavy (non-hydrogen) atoms. The van der Waals surface area contributed by atoms with Crippen LogP contribution in [0.5, 0.6) is 0 Å². The van der Waals surface area contributed by atoms with Gasteiger partial charge in [-0.1, -0.05) is 13.8 Å². The maximum atomic E-state index is 5.18. The van der Waals surface area contributed by atoms with Crippen molar-refractivity contribution in [3.63, 3.8) is 0 Å². The molecule has 5 rings (SSSR count). The summed E-state index contributed by atoms with van der Waals surface area (Å²) in [6.45, 7) is 11.0. The number of aromatic nitrogens is 5. The second-order valence-corrected chi connectivity index (χ2v) is 8.55. The largest absolute Gasteiger partial charge is 0.353 e. The summed E-state index contributed by atoms with van der Waals surface area (Å²) in [5.74, 6) is 0.912. The maximum Gasteiger partial charge on any atom is 0.158 e. The van der Waals surface area contributed by atoms with Gasteiger partial charge in [-0.25, -0.2) is 9.50 Å². The van der Waals surface area contributed by atoms with E-state index in [4.69, 9.17) is 4.98 Å². The molecule has 4 aromatic heterocycles. The molecule has 2 N–H and O–H groups in total. The summed E-state index contributed by atoms with van der Waals surface area (Å²) in [4.78, 5) is 13.3. The van der Waals surface area contributed by atoms with E-state index in [1.807, 2.05) is 4.52 Å². The van der Waals surface area contributed by atoms with E-state index < -0.39 is 0 Å². The number of pyridine rings is 2. The molecule has 0 saturated carbocycles. The van der Waals surface area contributed by atoms with E-state index in [2.05, 4.69) is 66.4 Å². The Morgan fingerprint density at radius 2 is 1.90 bits per heavy atom. The Labute approximate surface area is 170 Å². The van der Waals surface area contributed by atoms with Crippen molar-refractivity contribution in [2.24, 2.45) is 0 Å². The van der Waals surface area contributed by atoms with Crippen molar-refractivity contribution in [3.05, 3.63) is 47.0 Å². The quantitative estimate of drug-likeness (QED) is 0.543. The van der Waals surface area contributed by atoms with Gasteiger partial charge in [-0.05, 0) is 69.0 Å². The Bertz CT molecular complexity index is 1190. The molecule has 6 nitrogen and oxygen atoms in total. The molecule has 0 aromatic carbocycles. The van der Waals surface area contributed by atoms with Crippen LogP contribution >= 0.6 is 0 Å². The van der Waals surface area contributed by atoms with Crippen LogP contribution in [0.4, 0.5) is 0 Å². The molecule has 0 spiro atoms. The summed E-state index contributed by atoms with van der Waals surface area (Å²) < 4.78 is 1.88. The zero-order chi connectivity index (χ0) is 20.1. The molecule has 0 bridgehead atoms. The number of nitrogens with zero attached hydrogens (tertiary/aromatic N) is 4. The molecule has 1 aliphatic rings. The summed E-state index contributed by atoms with van der Waals surface area (Å²) in [6, 6.07) is 4.42. The minimum absolute atomic E-state index is 0.362. The van der Waals surface area contributed by atoms with Crippen molar-refractivity contribution in [1.82, 2.24) is 29.9 Å². The molecule has 0 amide bonds. The lowest BCUT2D eigenvalue weighted by atomic mass is 9.93. The standard InChI is InChI=1S/C23H28N6/c1-13(2)20-21(17-11-29-23(25-12-26-29)15(4)14(17)3)28-19-6-5-18(27-22(19)20)16-7-9-24-10-8-16/h5-6,11-13,16,24,28H,7-10H2,1-4H3. The van der Waals surface area contributed by atoms with Crippen LogP contribution in [0, 0.1) is 13.8 Å². The number of aromatic amines is 1. The summed E-state index contributed by atoms with van der Waals surface area (Å²) in [5, 5.41) is 7.83. The van der Waals surface area contributed by atoms with Crippen molar-refractivity contribution in [1.29, 1.82) is 0 Å². The van der Waals surface area contributed by atoms with Crippen LogP contribution in [0.25, 0.3) is 27.9 Å². The Hall–Kier alpha value is -2.73. The molecule has 6 heteroatoms. The highest BCUT2D eigenvalue weighted by Crippen LogP contribution is 2.38. The number of nitrogens with one attached hydrogen (secondary N) is 2. The molecule has 150 valence electrons. The van der Waals surface area contributed by atoms with E-state index in [1.165, 1.54) is 22.4 Å². The number of piperidine rings is 1. The van der Waals surface area contributed by atoms with Crippen molar-refractivity contribution in [3.8, 4) is 11.3 Å². The third-order valence-electron chi connectivity index (χ3n) is 6.43. The second kappa shape index (κ2) is 6.95. The predicted octanol–water partition coefficient (Wildman–Crippen LogP) is 4.48. The van der Waals surface area contributed by atoms with Gasteiger partial charge in [0.1, 0.15) is 6.33 Å². The van der Waals surface area contributed by atoms with Gasteiger partial charge in [0.2, 0.25) is 0 Å². The zero-order valence-corrected chi connectivity index (χ0v) is 17.6. The second-order valence-electron chi connectivity index (χ2n) is 8.55. The first kappa shape index (κ1) is 18.3. The number of H-pyrrole nitrogens is 1. The van der Waals surface area contributed by atoms with E-state index in [-0.39, 0.29) is 0 Å². The lowest BCUT2D eigenvalue weighted by Gasteiger charge is -2.22. The van der Waals surface area contributed by atoms with Crippen LogP contribution in [0.2, 0.25) is 0 Å². The van der Waals surface area contributed by atoms with Crippen LogP contribution in [0.15, 0.2) is 24.7 Å². The zero-order valence-electron chi connectivity index (χ0n) is 17.6. The predicted molar refractivity (Wildman–Crippen MR) is 116 cm³/mol. The van der Waals surface area contributed by atoms with Gasteiger partial charge < -0.3 is 10.3 Å². The highest BCUT2D eigenvalue weighted by Gasteiger charge is 2.23. The highest BCUT2D eigenvalue weighted by molar-refractivity contribution is 5.89. The molecular weight excluding hydrogens is 360 g/mol. The smallest absolute Gasteiger partial charge is 0.158 e. The summed E-state index contributed by atoms with van der Waals surface area (Å²) in [5.41, 5.74) is 10.4. The highest BCUT2D eigenvalue weighted by atomic mass is 15.3. The van der Waals surface area contributed by atoms with E-state index in [0.717, 1.165) is 53.9 Å². The van der Waals surface area contributed by atoms with E-state index >= 15 is 0 Å². The van der Waals surface area contributed by atoms with Crippen LogP contribution < -0.4 is 5.32 Å². The number of rotatable bonds is 3. The van der Waals surface area contributed by atoms with Gasteiger partial charge in [0, 0.05) is 28.9 Å². The van der Waals surface area contributed by atoms with E-state index in [1.54, 1.807) is 6.33 Å². The minimum atomic E-state index is 0.362. The van der Waals surface area contributed by atoms with Gasteiger partial charge in [-0.2, -0.15) is 5.10 Å². The van der Waals surface area contributed by atoms with Crippen molar-refractivity contribution >= 4 is 16.7 Å². The molecule has 1 aliphatic heterocycles. The van der Waals surface area contributed by atoms with Gasteiger partial charge in [0.25, 0.3) is 0 Å². The lowest BCUT2D eigenvalue weighted by Crippen LogP contribution is -2.27. The van der Waals surface area contributed by atoms with Gasteiger partial charge in [0.15, 0.2) is 5.65 Å². The van der Waals surface area contributed by atoms with Crippen molar-refractivity contribution < 1.29 is 0 Å². The number of fused-ring (bicyclic) bond motifs is 2. The molecular formula is C23H28N6. The Morgan fingerprint density at radius 3 is 2.66 bits per heavy atom. The normalized spacial score (nSPS) is 15.8. The molecule has 4 aromatic rings. The van der Waals surface area contributed by atoms with Gasteiger partial charge in [-0.3, -0.25) is 4.98 Å². The first-order chi connectivity index (χ1) is 14.0. The molecule has 5 heterocycles. The fourth-order valence-electron chi connectivity index (χ4n) is 4.67. The molecule has 0 aliphatic carbocycles. The Balaban J connectivity index is 1.72. The van der Waals surface area contributed by atoms with Crippen molar-refractivity contribution in [2.75, 3.05) is 13.1 Å².